The van der Waals surface area contributed by atoms with Gasteiger partial charge in [0.25, 0.3) is 0 Å². The lowest BCUT2D eigenvalue weighted by molar-refractivity contribution is -0.134. The van der Waals surface area contributed by atoms with Gasteiger partial charge in [-0.1, -0.05) is 17.3 Å². The van der Waals surface area contributed by atoms with Gasteiger partial charge in [0.05, 0.1) is 19.6 Å². The molecule has 0 unspecified atom stereocenters. The van der Waals surface area contributed by atoms with Gasteiger partial charge >= 0.3 is 0 Å². The summed E-state index contributed by atoms with van der Waals surface area (Å²) in [6.07, 6.45) is 1.85. The highest BCUT2D eigenvalue weighted by Crippen LogP contribution is 2.28. The molecule has 1 aliphatic rings. The highest BCUT2D eigenvalue weighted by molar-refractivity contribution is 5.77. The van der Waals surface area contributed by atoms with Crippen LogP contribution in [0.2, 0.25) is 0 Å². The summed E-state index contributed by atoms with van der Waals surface area (Å²) in [5, 5.41) is 3.99. The lowest BCUT2D eigenvalue weighted by Crippen LogP contribution is -2.38. The van der Waals surface area contributed by atoms with E-state index in [0.717, 1.165) is 17.7 Å². The Morgan fingerprint density at radius 1 is 1.36 bits per heavy atom. The molecule has 1 saturated heterocycles. The number of rotatable bonds is 7. The van der Waals surface area contributed by atoms with Gasteiger partial charge in [0.15, 0.2) is 5.82 Å². The first-order chi connectivity index (χ1) is 12.2. The van der Waals surface area contributed by atoms with E-state index in [2.05, 4.69) is 10.1 Å². The predicted octanol–water partition coefficient (Wildman–Crippen LogP) is 2.17. The molecule has 1 aliphatic heterocycles. The summed E-state index contributed by atoms with van der Waals surface area (Å²) in [6.45, 7) is 1.70. The molecule has 2 aromatic rings. The Morgan fingerprint density at radius 3 is 3.04 bits per heavy atom. The fraction of sp³-hybridized carbons (Fsp3) is 0.500. The zero-order valence-electron chi connectivity index (χ0n) is 14.6. The molecule has 1 aromatic heterocycles. The maximum Gasteiger partial charge on any atom is 0.231 e. The molecule has 0 aliphatic carbocycles. The van der Waals surface area contributed by atoms with E-state index in [1.54, 1.807) is 14.2 Å². The Labute approximate surface area is 146 Å². The molecule has 3 rings (SSSR count). The summed E-state index contributed by atoms with van der Waals surface area (Å²) in [5.74, 6) is 2.27. The third kappa shape index (κ3) is 4.36. The van der Waals surface area contributed by atoms with Gasteiger partial charge in [-0.05, 0) is 24.1 Å². The second-order valence-electron chi connectivity index (χ2n) is 6.15. The number of aromatic nitrogens is 2. The van der Waals surface area contributed by atoms with Gasteiger partial charge in [0.1, 0.15) is 5.75 Å². The molecule has 0 radical (unpaired) electrons. The van der Waals surface area contributed by atoms with E-state index in [-0.39, 0.29) is 11.8 Å². The van der Waals surface area contributed by atoms with E-state index in [1.165, 1.54) is 0 Å². The maximum atomic E-state index is 12.3. The molecule has 7 nitrogen and oxygen atoms in total. The first-order valence-corrected chi connectivity index (χ1v) is 8.41. The minimum Gasteiger partial charge on any atom is -0.497 e. The van der Waals surface area contributed by atoms with Gasteiger partial charge in [-0.25, -0.2) is 0 Å². The van der Waals surface area contributed by atoms with Crippen molar-refractivity contribution in [3.05, 3.63) is 41.5 Å². The molecule has 0 saturated carbocycles. The van der Waals surface area contributed by atoms with Crippen LogP contribution in [-0.2, 0) is 22.5 Å². The standard InChI is InChI=1S/C18H23N3O4/c1-23-9-8-16-19-18(25-20-16)14-6-7-17(22)21(12-14)11-13-4-3-5-15(10-13)24-2/h3-5,10,14H,6-9,11-12H2,1-2H3/t14-/m1/s1. The van der Waals surface area contributed by atoms with Crippen LogP contribution in [0.25, 0.3) is 0 Å². The molecule has 25 heavy (non-hydrogen) atoms. The van der Waals surface area contributed by atoms with E-state index in [9.17, 15) is 4.79 Å². The lowest BCUT2D eigenvalue weighted by atomic mass is 9.97. The van der Waals surface area contributed by atoms with Crippen LogP contribution in [0.1, 0.15) is 36.0 Å². The largest absolute Gasteiger partial charge is 0.497 e. The molecular formula is C18H23N3O4. The van der Waals surface area contributed by atoms with Crippen LogP contribution in [0.15, 0.2) is 28.8 Å². The number of likely N-dealkylation sites (tertiary alicyclic amines) is 1. The van der Waals surface area contributed by atoms with E-state index >= 15 is 0 Å². The molecule has 134 valence electrons. The van der Waals surface area contributed by atoms with E-state index in [1.807, 2.05) is 29.2 Å². The molecule has 2 heterocycles. The second kappa shape index (κ2) is 8.11. The number of nitrogens with zero attached hydrogens (tertiary/aromatic N) is 3. The SMILES string of the molecule is COCCc1noc([C@@H]2CCC(=O)N(Cc3cccc(OC)c3)C2)n1. The van der Waals surface area contributed by atoms with E-state index < -0.39 is 0 Å². The minimum absolute atomic E-state index is 0.0760. The molecule has 1 aromatic carbocycles. The van der Waals surface area contributed by atoms with E-state index in [4.69, 9.17) is 14.0 Å². The van der Waals surface area contributed by atoms with Crippen molar-refractivity contribution in [3.63, 3.8) is 0 Å². The topological polar surface area (TPSA) is 77.7 Å². The van der Waals surface area contributed by atoms with Gasteiger partial charge < -0.3 is 18.9 Å². The Hall–Kier alpha value is -2.41. The van der Waals surface area contributed by atoms with Crippen LogP contribution >= 0.6 is 0 Å². The maximum absolute atomic E-state index is 12.3. The smallest absolute Gasteiger partial charge is 0.231 e. The second-order valence-corrected chi connectivity index (χ2v) is 6.15. The fourth-order valence-electron chi connectivity index (χ4n) is 2.99. The number of piperidine rings is 1. The predicted molar refractivity (Wildman–Crippen MR) is 90.3 cm³/mol. The monoisotopic (exact) mass is 345 g/mol. The number of amides is 1. The van der Waals surface area contributed by atoms with Crippen LogP contribution in [0, 0.1) is 0 Å². The molecule has 0 N–H and O–H groups in total. The van der Waals surface area contributed by atoms with Gasteiger partial charge in [-0.2, -0.15) is 4.98 Å². The van der Waals surface area contributed by atoms with Crippen molar-refractivity contribution in [1.29, 1.82) is 0 Å². The third-order valence-electron chi connectivity index (χ3n) is 4.37. The van der Waals surface area contributed by atoms with Crippen molar-refractivity contribution >= 4 is 5.91 Å². The number of carbonyl (C=O) groups excluding carboxylic acids is 1. The summed E-state index contributed by atoms with van der Waals surface area (Å²) < 4.78 is 15.7. The van der Waals surface area contributed by atoms with Crippen LogP contribution in [0.3, 0.4) is 0 Å². The number of hydrogen-bond donors (Lipinski definition) is 0. The molecule has 1 amide bonds. The normalized spacial score (nSPS) is 17.8. The third-order valence-corrected chi connectivity index (χ3v) is 4.37. The van der Waals surface area contributed by atoms with Gasteiger partial charge in [-0.15, -0.1) is 0 Å². The van der Waals surface area contributed by atoms with Crippen LogP contribution in [0.4, 0.5) is 0 Å². The highest BCUT2D eigenvalue weighted by Gasteiger charge is 2.30. The summed E-state index contributed by atoms with van der Waals surface area (Å²) in [6, 6.07) is 7.77. The summed E-state index contributed by atoms with van der Waals surface area (Å²) in [5.41, 5.74) is 1.04. The average Bonchev–Trinajstić information content (AvgIpc) is 3.11. The first-order valence-electron chi connectivity index (χ1n) is 8.41. The molecule has 0 bridgehead atoms. The minimum atomic E-state index is 0.0760. The van der Waals surface area contributed by atoms with E-state index in [0.29, 0.717) is 44.3 Å². The Bertz CT molecular complexity index is 716. The van der Waals surface area contributed by atoms with Crippen molar-refractivity contribution in [2.75, 3.05) is 27.4 Å². The molecule has 7 heteroatoms. The number of hydrogen-bond acceptors (Lipinski definition) is 6. The molecular weight excluding hydrogens is 322 g/mol. The van der Waals surface area contributed by atoms with Crippen LogP contribution in [-0.4, -0.2) is 48.3 Å². The molecule has 1 fully saturated rings. The summed E-state index contributed by atoms with van der Waals surface area (Å²) >= 11 is 0. The van der Waals surface area contributed by atoms with Gasteiger partial charge in [-0.3, -0.25) is 4.79 Å². The quantitative estimate of drug-likeness (QED) is 0.765. The lowest BCUT2D eigenvalue weighted by Gasteiger charge is -2.31. The van der Waals surface area contributed by atoms with Crippen molar-refractivity contribution < 1.29 is 18.8 Å². The summed E-state index contributed by atoms with van der Waals surface area (Å²) in [7, 11) is 3.28. The van der Waals surface area contributed by atoms with Gasteiger partial charge in [0.2, 0.25) is 11.8 Å². The Balaban J connectivity index is 1.66. The van der Waals surface area contributed by atoms with Crippen molar-refractivity contribution in [3.8, 4) is 5.75 Å². The number of carbonyl (C=O) groups is 1. The number of benzene rings is 1. The zero-order valence-corrected chi connectivity index (χ0v) is 14.6. The Kier molecular flexibility index (Phi) is 5.65. The first kappa shape index (κ1) is 17.4. The van der Waals surface area contributed by atoms with Crippen LogP contribution in [0.5, 0.6) is 5.75 Å². The zero-order chi connectivity index (χ0) is 17.6. The number of methoxy groups -OCH3 is 2. The fourth-order valence-corrected chi connectivity index (χ4v) is 2.99. The number of ether oxygens (including phenoxy) is 2. The Morgan fingerprint density at radius 2 is 2.24 bits per heavy atom. The van der Waals surface area contributed by atoms with Crippen LogP contribution < -0.4 is 4.74 Å². The van der Waals surface area contributed by atoms with Crippen molar-refractivity contribution in [2.45, 2.75) is 31.7 Å². The highest BCUT2D eigenvalue weighted by atomic mass is 16.5. The average molecular weight is 345 g/mol. The van der Waals surface area contributed by atoms with Gasteiger partial charge in [0, 0.05) is 33.0 Å². The molecule has 1 atom stereocenters. The van der Waals surface area contributed by atoms with Crippen molar-refractivity contribution in [1.82, 2.24) is 15.0 Å². The molecule has 0 spiro atoms. The summed E-state index contributed by atoms with van der Waals surface area (Å²) in [4.78, 5) is 18.6. The van der Waals surface area contributed by atoms with Crippen molar-refractivity contribution in [2.24, 2.45) is 0 Å².